The van der Waals surface area contributed by atoms with E-state index >= 15 is 0 Å². The van der Waals surface area contributed by atoms with Crippen LogP contribution in [0.15, 0.2) is 18.3 Å². The lowest BCUT2D eigenvalue weighted by atomic mass is 9.95. The zero-order valence-electron chi connectivity index (χ0n) is 16.8. The maximum absolute atomic E-state index is 4.60. The van der Waals surface area contributed by atoms with E-state index < -0.39 is 0 Å². The van der Waals surface area contributed by atoms with Gasteiger partial charge in [0.25, 0.3) is 0 Å². The molecule has 27 heavy (non-hydrogen) atoms. The van der Waals surface area contributed by atoms with Gasteiger partial charge in [-0.1, -0.05) is 12.8 Å². The summed E-state index contributed by atoms with van der Waals surface area (Å²) in [6.07, 6.45) is 9.56. The van der Waals surface area contributed by atoms with Gasteiger partial charge in [-0.25, -0.2) is 0 Å². The molecular formula is C21H32N6. The van der Waals surface area contributed by atoms with E-state index in [9.17, 15) is 0 Å². The minimum Gasteiger partial charge on any atom is -0.371 e. The molecule has 2 aromatic rings. The third-order valence-corrected chi connectivity index (χ3v) is 6.17. The molecule has 0 aromatic carbocycles. The van der Waals surface area contributed by atoms with E-state index in [1.807, 2.05) is 6.20 Å². The van der Waals surface area contributed by atoms with Gasteiger partial charge in [0.2, 0.25) is 0 Å². The van der Waals surface area contributed by atoms with E-state index in [1.165, 1.54) is 50.3 Å². The van der Waals surface area contributed by atoms with E-state index in [-0.39, 0.29) is 0 Å². The molecule has 6 nitrogen and oxygen atoms in total. The molecule has 0 atom stereocenters. The van der Waals surface area contributed by atoms with Crippen LogP contribution in [-0.4, -0.2) is 50.8 Å². The summed E-state index contributed by atoms with van der Waals surface area (Å²) in [6, 6.07) is 4.30. The number of nitrogens with zero attached hydrogens (tertiary/aromatic N) is 6. The summed E-state index contributed by atoms with van der Waals surface area (Å²) in [6.45, 7) is 7.54. The summed E-state index contributed by atoms with van der Waals surface area (Å²) >= 11 is 0. The Balaban J connectivity index is 1.38. The van der Waals surface area contributed by atoms with Crippen LogP contribution >= 0.6 is 0 Å². The van der Waals surface area contributed by atoms with E-state index in [2.05, 4.69) is 55.7 Å². The van der Waals surface area contributed by atoms with Gasteiger partial charge in [0, 0.05) is 43.6 Å². The summed E-state index contributed by atoms with van der Waals surface area (Å²) < 4.78 is 2.27. The highest BCUT2D eigenvalue weighted by molar-refractivity contribution is 5.46. The Bertz CT molecular complexity index is 739. The highest BCUT2D eigenvalue weighted by Crippen LogP contribution is 2.29. The van der Waals surface area contributed by atoms with Gasteiger partial charge < -0.3 is 9.47 Å². The zero-order valence-corrected chi connectivity index (χ0v) is 16.8. The molecular weight excluding hydrogens is 336 g/mol. The summed E-state index contributed by atoms with van der Waals surface area (Å²) in [7, 11) is 2.15. The van der Waals surface area contributed by atoms with Crippen LogP contribution in [0.1, 0.15) is 61.8 Å². The Labute approximate surface area is 162 Å². The maximum atomic E-state index is 4.60. The van der Waals surface area contributed by atoms with Crippen molar-refractivity contribution in [3.63, 3.8) is 0 Å². The van der Waals surface area contributed by atoms with Gasteiger partial charge in [0.1, 0.15) is 11.6 Å². The van der Waals surface area contributed by atoms with Crippen LogP contribution < -0.4 is 4.90 Å². The first-order valence-corrected chi connectivity index (χ1v) is 10.5. The first-order chi connectivity index (χ1) is 13.2. The summed E-state index contributed by atoms with van der Waals surface area (Å²) in [5.41, 5.74) is 2.38. The van der Waals surface area contributed by atoms with E-state index in [1.54, 1.807) is 0 Å². The normalized spacial score (nSPS) is 20.0. The van der Waals surface area contributed by atoms with Crippen LogP contribution in [0, 0.1) is 6.92 Å². The first-order valence-electron chi connectivity index (χ1n) is 10.5. The van der Waals surface area contributed by atoms with Crippen molar-refractivity contribution in [1.29, 1.82) is 0 Å². The molecule has 0 N–H and O–H groups in total. The molecule has 2 saturated heterocycles. The fraction of sp³-hybridized carbons (Fsp3) is 0.667. The van der Waals surface area contributed by atoms with Crippen LogP contribution in [0.4, 0.5) is 5.69 Å². The van der Waals surface area contributed by atoms with Crippen molar-refractivity contribution in [3.05, 3.63) is 35.7 Å². The number of hydrogen-bond donors (Lipinski definition) is 0. The summed E-state index contributed by atoms with van der Waals surface area (Å²) in [5, 5.41) is 9.15. The minimum absolute atomic E-state index is 0.513. The predicted molar refractivity (Wildman–Crippen MR) is 108 cm³/mol. The number of rotatable bonds is 4. The van der Waals surface area contributed by atoms with Gasteiger partial charge >= 0.3 is 0 Å². The third kappa shape index (κ3) is 4.32. The smallest absolute Gasteiger partial charge is 0.146 e. The van der Waals surface area contributed by atoms with Crippen molar-refractivity contribution >= 4 is 5.69 Å². The van der Waals surface area contributed by atoms with Crippen molar-refractivity contribution in [2.75, 3.05) is 31.1 Å². The average Bonchev–Trinajstić information content (AvgIpc) is 2.88. The number of piperidine rings is 1. The Kier molecular flexibility index (Phi) is 5.72. The Morgan fingerprint density at radius 3 is 2.44 bits per heavy atom. The number of pyridine rings is 1. The highest BCUT2D eigenvalue weighted by Gasteiger charge is 2.26. The Morgan fingerprint density at radius 2 is 1.74 bits per heavy atom. The van der Waals surface area contributed by atoms with Crippen LogP contribution in [0.25, 0.3) is 0 Å². The fourth-order valence-corrected chi connectivity index (χ4v) is 4.49. The Hall–Kier alpha value is -1.95. The zero-order chi connectivity index (χ0) is 18.6. The fourth-order valence-electron chi connectivity index (χ4n) is 4.49. The number of anilines is 1. The van der Waals surface area contributed by atoms with Crippen LogP contribution in [0.3, 0.4) is 0 Å². The summed E-state index contributed by atoms with van der Waals surface area (Å²) in [5.74, 6) is 2.81. The molecule has 6 heteroatoms. The molecule has 0 aliphatic carbocycles. The number of aromatic nitrogens is 4. The number of aryl methyl sites for hydroxylation is 1. The second-order valence-electron chi connectivity index (χ2n) is 8.14. The van der Waals surface area contributed by atoms with Crippen LogP contribution in [0.5, 0.6) is 0 Å². The molecule has 146 valence electrons. The predicted octanol–water partition coefficient (Wildman–Crippen LogP) is 3.28. The number of hydrogen-bond acceptors (Lipinski definition) is 5. The number of likely N-dealkylation sites (tertiary alicyclic amines) is 1. The highest BCUT2D eigenvalue weighted by atomic mass is 15.3. The molecule has 0 amide bonds. The molecule has 2 aliphatic rings. The molecule has 4 heterocycles. The van der Waals surface area contributed by atoms with Gasteiger partial charge in [0.15, 0.2) is 0 Å². The van der Waals surface area contributed by atoms with Crippen LogP contribution in [-0.2, 0) is 13.6 Å². The second kappa shape index (κ2) is 8.38. The maximum Gasteiger partial charge on any atom is 0.146 e. The molecule has 2 aromatic heterocycles. The van der Waals surface area contributed by atoms with Gasteiger partial charge in [-0.15, -0.1) is 10.2 Å². The standard InChI is InChI=1S/C21H32N6/c1-17-15-19(7-10-22-17)27-13-8-18(9-14-27)21-24-23-20(25(21)2)16-26-11-5-3-4-6-12-26/h7,10,15,18H,3-6,8-9,11-14,16H2,1-2H3. The monoisotopic (exact) mass is 368 g/mol. The molecule has 0 unspecified atom stereocenters. The van der Waals surface area contributed by atoms with Crippen molar-refractivity contribution in [3.8, 4) is 0 Å². The topological polar surface area (TPSA) is 50.1 Å². The van der Waals surface area contributed by atoms with E-state index in [4.69, 9.17) is 0 Å². The lowest BCUT2D eigenvalue weighted by Gasteiger charge is -2.33. The van der Waals surface area contributed by atoms with E-state index in [0.717, 1.165) is 44.0 Å². The van der Waals surface area contributed by atoms with Gasteiger partial charge in [-0.2, -0.15) is 0 Å². The molecule has 0 radical (unpaired) electrons. The molecule has 0 bridgehead atoms. The van der Waals surface area contributed by atoms with Gasteiger partial charge in [-0.05, 0) is 57.8 Å². The van der Waals surface area contributed by atoms with Crippen molar-refractivity contribution in [2.45, 2.75) is 57.9 Å². The van der Waals surface area contributed by atoms with E-state index in [0.29, 0.717) is 5.92 Å². The lowest BCUT2D eigenvalue weighted by Crippen LogP contribution is -2.33. The summed E-state index contributed by atoms with van der Waals surface area (Å²) in [4.78, 5) is 9.34. The van der Waals surface area contributed by atoms with Gasteiger partial charge in [0.05, 0.1) is 6.54 Å². The molecule has 4 rings (SSSR count). The van der Waals surface area contributed by atoms with Crippen molar-refractivity contribution in [1.82, 2.24) is 24.6 Å². The van der Waals surface area contributed by atoms with Crippen molar-refractivity contribution < 1.29 is 0 Å². The SMILES string of the molecule is Cc1cc(N2CCC(c3nnc(CN4CCCCCC4)n3C)CC2)ccn1. The molecule has 2 aliphatic heterocycles. The lowest BCUT2D eigenvalue weighted by molar-refractivity contribution is 0.266. The van der Waals surface area contributed by atoms with Gasteiger partial charge in [-0.3, -0.25) is 9.88 Å². The van der Waals surface area contributed by atoms with Crippen LogP contribution in [0.2, 0.25) is 0 Å². The minimum atomic E-state index is 0.513. The second-order valence-corrected chi connectivity index (χ2v) is 8.14. The van der Waals surface area contributed by atoms with Crippen molar-refractivity contribution in [2.24, 2.45) is 7.05 Å². The first kappa shape index (κ1) is 18.4. The Morgan fingerprint density at radius 1 is 1.00 bits per heavy atom. The molecule has 0 spiro atoms. The third-order valence-electron chi connectivity index (χ3n) is 6.17. The average molecular weight is 369 g/mol. The quantitative estimate of drug-likeness (QED) is 0.829. The molecule has 2 fully saturated rings. The molecule has 0 saturated carbocycles. The largest absolute Gasteiger partial charge is 0.371 e.